The number of urea groups is 1. The maximum absolute atomic E-state index is 13.2. The molecule has 316 valence electrons. The number of hydrogen-bond donors (Lipinski definition) is 4. The predicted octanol–water partition coefficient (Wildman–Crippen LogP) is 3.56. The number of halogens is 1. The van der Waals surface area contributed by atoms with E-state index in [1.807, 2.05) is 28.8 Å². The Balaban J connectivity index is 0.715. The van der Waals surface area contributed by atoms with Gasteiger partial charge in [0.2, 0.25) is 29.4 Å². The molecule has 2 saturated heterocycles. The van der Waals surface area contributed by atoms with Crippen molar-refractivity contribution >= 4 is 64.1 Å². The lowest BCUT2D eigenvalue weighted by Crippen LogP contribution is -2.52. The second-order valence-corrected chi connectivity index (χ2v) is 15.8. The summed E-state index contributed by atoms with van der Waals surface area (Å²) in [5.74, 6) is -0.0324. The average Bonchev–Trinajstić information content (AvgIpc) is 4.02. The molecule has 1 aromatic carbocycles. The van der Waals surface area contributed by atoms with Crippen molar-refractivity contribution in [2.75, 3.05) is 74.6 Å². The highest BCUT2D eigenvalue weighted by Gasteiger charge is 2.39. The second kappa shape index (κ2) is 18.6. The van der Waals surface area contributed by atoms with Gasteiger partial charge in [-0.2, -0.15) is 0 Å². The van der Waals surface area contributed by atoms with Gasteiger partial charge < -0.3 is 35.2 Å². The fourth-order valence-electron chi connectivity index (χ4n) is 8.39. The summed E-state index contributed by atoms with van der Waals surface area (Å²) in [6.45, 7) is 5.51. The number of pyridine rings is 1. The summed E-state index contributed by atoms with van der Waals surface area (Å²) in [7, 11) is 0. The smallest absolute Gasteiger partial charge is 0.323 e. The molecule has 0 spiro atoms. The number of nitrogens with one attached hydrogen (secondary N) is 4. The highest BCUT2D eigenvalue weighted by molar-refractivity contribution is 6.30. The standard InChI is InChI=1S/C41H48ClN11O7/c42-28-22-31(47-41(58)48-32-24-46-40-44-10-12-52(40)36(32)26-3-1-2-4-26)38(45-23-28)60-19-11-43-34(54)9-18-59-20-17-50-13-15-51(16-14-50)29-5-6-30-27(21-29)25-53(39(30)57)33-7-8-35(55)49-37(33)56/h5-6,10,12,21-24,26,33H,1-4,7-9,11,13-20,25H2,(H,43,54)(H2,47,48,58)(H,49,55,56). The van der Waals surface area contributed by atoms with E-state index in [2.05, 4.69) is 46.0 Å². The number of nitrogens with zero attached hydrogens (tertiary/aromatic N) is 7. The van der Waals surface area contributed by atoms with Gasteiger partial charge in [0.05, 0.1) is 42.4 Å². The van der Waals surface area contributed by atoms with Crippen LogP contribution in [0, 0.1) is 0 Å². The Hall–Kier alpha value is -5.85. The molecule has 4 aromatic rings. The lowest BCUT2D eigenvalue weighted by atomic mass is 10.0. The van der Waals surface area contributed by atoms with Crippen LogP contribution >= 0.6 is 11.6 Å². The number of piperidine rings is 1. The molecule has 6 amide bonds. The minimum absolute atomic E-state index is 0.112. The third-order valence-corrected chi connectivity index (χ3v) is 11.7. The first kappa shape index (κ1) is 40.9. The molecule has 18 nitrogen and oxygen atoms in total. The first-order valence-corrected chi connectivity index (χ1v) is 20.9. The number of imidazole rings is 1. The van der Waals surface area contributed by atoms with Gasteiger partial charge in [-0.3, -0.25) is 33.8 Å². The Kier molecular flexibility index (Phi) is 12.7. The van der Waals surface area contributed by atoms with Crippen LogP contribution in [0.4, 0.5) is 21.9 Å². The molecular formula is C41H48ClN11O7. The predicted molar refractivity (Wildman–Crippen MR) is 221 cm³/mol. The average molecular weight is 842 g/mol. The monoisotopic (exact) mass is 841 g/mol. The third-order valence-electron chi connectivity index (χ3n) is 11.5. The maximum atomic E-state index is 13.2. The Morgan fingerprint density at radius 2 is 1.73 bits per heavy atom. The zero-order chi connectivity index (χ0) is 41.6. The van der Waals surface area contributed by atoms with Crippen molar-refractivity contribution in [3.8, 4) is 5.88 Å². The van der Waals surface area contributed by atoms with Crippen LogP contribution in [0.2, 0.25) is 5.02 Å². The van der Waals surface area contributed by atoms with Crippen molar-refractivity contribution < 1.29 is 33.4 Å². The molecule has 0 bridgehead atoms. The summed E-state index contributed by atoms with van der Waals surface area (Å²) in [6, 6.07) is 6.25. The van der Waals surface area contributed by atoms with Crippen molar-refractivity contribution in [1.82, 2.24) is 39.8 Å². The maximum Gasteiger partial charge on any atom is 0.323 e. The summed E-state index contributed by atoms with van der Waals surface area (Å²) in [5, 5.41) is 11.2. The van der Waals surface area contributed by atoms with Gasteiger partial charge in [0.15, 0.2) is 0 Å². The highest BCUT2D eigenvalue weighted by Crippen LogP contribution is 2.38. The van der Waals surface area contributed by atoms with Gasteiger partial charge in [-0.25, -0.2) is 19.7 Å². The van der Waals surface area contributed by atoms with Crippen LogP contribution in [0.15, 0.2) is 49.1 Å². The number of amides is 6. The number of rotatable bonds is 15. The minimum atomic E-state index is -0.630. The number of imide groups is 1. The lowest BCUT2D eigenvalue weighted by molar-refractivity contribution is -0.137. The number of anilines is 3. The molecule has 1 aliphatic carbocycles. The van der Waals surface area contributed by atoms with E-state index >= 15 is 0 Å². The van der Waals surface area contributed by atoms with Crippen molar-refractivity contribution in [2.24, 2.45) is 0 Å². The zero-order valence-corrected chi connectivity index (χ0v) is 33.9. The molecule has 3 fully saturated rings. The van der Waals surface area contributed by atoms with Gasteiger partial charge in [-0.15, -0.1) is 0 Å². The van der Waals surface area contributed by atoms with E-state index in [9.17, 15) is 24.0 Å². The van der Waals surface area contributed by atoms with E-state index in [4.69, 9.17) is 21.1 Å². The molecule has 0 radical (unpaired) electrons. The molecule has 6 heterocycles. The molecule has 19 heteroatoms. The summed E-state index contributed by atoms with van der Waals surface area (Å²) >= 11 is 6.21. The Labute approximate surface area is 351 Å². The van der Waals surface area contributed by atoms with Crippen LogP contribution in [0.25, 0.3) is 5.78 Å². The quantitative estimate of drug-likeness (QED) is 0.100. The van der Waals surface area contributed by atoms with Crippen LogP contribution < -0.4 is 30.9 Å². The summed E-state index contributed by atoms with van der Waals surface area (Å²) in [4.78, 5) is 81.9. The van der Waals surface area contributed by atoms with Crippen molar-refractivity contribution in [3.63, 3.8) is 0 Å². The number of ether oxygens (including phenoxy) is 2. The van der Waals surface area contributed by atoms with Crippen molar-refractivity contribution in [2.45, 2.75) is 63.5 Å². The van der Waals surface area contributed by atoms with Crippen LogP contribution in [-0.2, 0) is 25.7 Å². The number of fused-ring (bicyclic) bond motifs is 2. The van der Waals surface area contributed by atoms with Crippen molar-refractivity contribution in [1.29, 1.82) is 0 Å². The van der Waals surface area contributed by atoms with E-state index < -0.39 is 18.0 Å². The number of carbonyl (C=O) groups is 5. The molecular weight excluding hydrogens is 794 g/mol. The second-order valence-electron chi connectivity index (χ2n) is 15.4. The number of hydrogen-bond acceptors (Lipinski definition) is 12. The number of aromatic nitrogens is 4. The van der Waals surface area contributed by atoms with Gasteiger partial charge in [-0.1, -0.05) is 24.4 Å². The summed E-state index contributed by atoms with van der Waals surface area (Å²) < 4.78 is 13.5. The van der Waals surface area contributed by atoms with Crippen LogP contribution in [0.5, 0.6) is 5.88 Å². The Bertz CT molecular complexity index is 2260. The summed E-state index contributed by atoms with van der Waals surface area (Å²) in [6.07, 6.45) is 11.7. The number of benzene rings is 1. The van der Waals surface area contributed by atoms with E-state index in [-0.39, 0.29) is 67.8 Å². The van der Waals surface area contributed by atoms with Crippen LogP contribution in [0.3, 0.4) is 0 Å². The molecule has 1 unspecified atom stereocenters. The molecule has 3 aromatic heterocycles. The minimum Gasteiger partial charge on any atom is -0.474 e. The van der Waals surface area contributed by atoms with Gasteiger partial charge in [0.1, 0.15) is 18.3 Å². The largest absolute Gasteiger partial charge is 0.474 e. The van der Waals surface area contributed by atoms with Gasteiger partial charge in [-0.05, 0) is 49.1 Å². The van der Waals surface area contributed by atoms with Crippen molar-refractivity contribution in [3.05, 3.63) is 70.9 Å². The van der Waals surface area contributed by atoms with Crippen LogP contribution in [0.1, 0.15) is 72.5 Å². The first-order chi connectivity index (χ1) is 29.2. The van der Waals surface area contributed by atoms with Gasteiger partial charge in [0.25, 0.3) is 5.91 Å². The molecule has 3 aliphatic heterocycles. The molecule has 4 N–H and O–H groups in total. The Morgan fingerprint density at radius 3 is 2.55 bits per heavy atom. The fraction of sp³-hybridized carbons (Fsp3) is 0.463. The lowest BCUT2D eigenvalue weighted by Gasteiger charge is -2.36. The fourth-order valence-corrected chi connectivity index (χ4v) is 8.55. The van der Waals surface area contributed by atoms with E-state index in [1.54, 1.807) is 23.4 Å². The zero-order valence-electron chi connectivity index (χ0n) is 33.2. The van der Waals surface area contributed by atoms with E-state index in [1.165, 1.54) is 6.20 Å². The number of piperazine rings is 1. The molecule has 8 rings (SSSR count). The van der Waals surface area contributed by atoms with Gasteiger partial charge in [0, 0.05) is 87.9 Å². The molecule has 1 saturated carbocycles. The Morgan fingerprint density at radius 1 is 0.917 bits per heavy atom. The molecule has 60 heavy (non-hydrogen) atoms. The topological polar surface area (TPSA) is 205 Å². The third kappa shape index (κ3) is 9.45. The van der Waals surface area contributed by atoms with E-state index in [0.717, 1.165) is 75.4 Å². The molecule has 4 aliphatic rings. The molecule has 1 atom stereocenters. The SMILES string of the molecule is O=C(CCOCCN1CCN(c2ccc3c(c2)CN(C2CCC(=O)NC2=O)C3=O)CC1)NCCOc1ncc(Cl)cc1NC(=O)Nc1cnc2nccn2c1C1CCCC1. The van der Waals surface area contributed by atoms with Gasteiger partial charge >= 0.3 is 6.03 Å². The number of carbonyl (C=O) groups excluding carboxylic acids is 5. The normalized spacial score (nSPS) is 18.5. The van der Waals surface area contributed by atoms with Crippen LogP contribution in [-0.4, -0.2) is 124 Å². The first-order valence-electron chi connectivity index (χ1n) is 20.5. The summed E-state index contributed by atoms with van der Waals surface area (Å²) in [5.41, 5.74) is 4.39. The van der Waals surface area contributed by atoms with E-state index in [0.29, 0.717) is 41.6 Å². The highest BCUT2D eigenvalue weighted by atomic mass is 35.5.